The van der Waals surface area contributed by atoms with E-state index in [1.165, 1.54) is 16.2 Å². The number of hydrogen-bond acceptors (Lipinski definition) is 7. The molecular weight excluding hydrogens is 516 g/mol. The summed E-state index contributed by atoms with van der Waals surface area (Å²) in [6, 6.07) is 6.55. The van der Waals surface area contributed by atoms with E-state index in [0.29, 0.717) is 54.1 Å². The molecule has 1 aromatic heterocycles. The Morgan fingerprint density at radius 1 is 1.24 bits per heavy atom. The lowest BCUT2D eigenvalue weighted by molar-refractivity contribution is -0.151. The number of rotatable bonds is 10. The summed E-state index contributed by atoms with van der Waals surface area (Å²) < 4.78 is 5.10. The molecule has 200 valence electrons. The van der Waals surface area contributed by atoms with E-state index in [9.17, 15) is 19.2 Å². The molecule has 0 saturated carbocycles. The summed E-state index contributed by atoms with van der Waals surface area (Å²) in [5.41, 5.74) is 0.996. The number of carbonyl (C=O) groups is 4. The summed E-state index contributed by atoms with van der Waals surface area (Å²) in [7, 11) is 0. The highest BCUT2D eigenvalue weighted by molar-refractivity contribution is 7.13. The molecule has 1 saturated heterocycles. The lowest BCUT2D eigenvalue weighted by Crippen LogP contribution is -2.43. The lowest BCUT2D eigenvalue weighted by atomic mass is 9.98. The van der Waals surface area contributed by atoms with E-state index in [-0.39, 0.29) is 48.5 Å². The third-order valence-electron chi connectivity index (χ3n) is 5.82. The molecule has 2 heterocycles. The predicted octanol–water partition coefficient (Wildman–Crippen LogP) is 3.88. The summed E-state index contributed by atoms with van der Waals surface area (Å²) in [6.07, 6.45) is 1.54. The number of amides is 3. The van der Waals surface area contributed by atoms with Crippen LogP contribution in [0.25, 0.3) is 0 Å². The van der Waals surface area contributed by atoms with Crippen LogP contribution in [0.1, 0.15) is 49.7 Å². The fraction of sp³-hybridized carbons (Fsp3) is 0.500. The third kappa shape index (κ3) is 8.53. The summed E-state index contributed by atoms with van der Waals surface area (Å²) in [5.74, 6) is -1.14. The molecule has 0 aliphatic carbocycles. The average Bonchev–Trinajstić information content (AvgIpc) is 3.29. The van der Waals surface area contributed by atoms with E-state index in [2.05, 4.69) is 10.3 Å². The molecule has 9 nitrogen and oxygen atoms in total. The quantitative estimate of drug-likeness (QED) is 0.451. The second-order valence-electron chi connectivity index (χ2n) is 9.39. The molecule has 11 heteroatoms. The Hall–Kier alpha value is -2.98. The molecule has 1 aromatic carbocycles. The van der Waals surface area contributed by atoms with Crippen molar-refractivity contribution in [3.63, 3.8) is 0 Å². The molecule has 0 radical (unpaired) electrons. The standard InChI is InChI=1S/C26H33ClN4O5S/c1-4-36-25(35)19-6-5-11-30(14-19)23(33)12-21-16-37-26(28-21)29-22(32)15-31(13-17(2)3)24(34)18-7-9-20(27)10-8-18/h7-10,16-17,19H,4-6,11-15H2,1-3H3,(H,28,29,32). The number of ether oxygens (including phenoxy) is 1. The summed E-state index contributed by atoms with van der Waals surface area (Å²) in [6.45, 7) is 7.26. The van der Waals surface area contributed by atoms with Gasteiger partial charge in [0, 0.05) is 35.6 Å². The van der Waals surface area contributed by atoms with Crippen molar-refractivity contribution in [2.45, 2.75) is 40.0 Å². The van der Waals surface area contributed by atoms with Gasteiger partial charge in [-0.2, -0.15) is 0 Å². The van der Waals surface area contributed by atoms with Crippen LogP contribution in [0.4, 0.5) is 5.13 Å². The number of likely N-dealkylation sites (tertiary alicyclic amines) is 1. The Morgan fingerprint density at radius 2 is 1.97 bits per heavy atom. The van der Waals surface area contributed by atoms with Gasteiger partial charge in [0.2, 0.25) is 11.8 Å². The van der Waals surface area contributed by atoms with Crippen molar-refractivity contribution >= 4 is 51.8 Å². The highest BCUT2D eigenvalue weighted by Gasteiger charge is 2.29. The number of nitrogens with zero attached hydrogens (tertiary/aromatic N) is 3. The number of halogens is 1. The fourth-order valence-electron chi connectivity index (χ4n) is 4.14. The van der Waals surface area contributed by atoms with Gasteiger partial charge in [-0.05, 0) is 49.9 Å². The van der Waals surface area contributed by atoms with Crippen LogP contribution in [-0.4, -0.2) is 71.3 Å². The number of carbonyl (C=O) groups excluding carboxylic acids is 4. The van der Waals surface area contributed by atoms with Crippen LogP contribution in [0.15, 0.2) is 29.6 Å². The molecule has 2 aromatic rings. The second kappa shape index (κ2) is 13.5. The van der Waals surface area contributed by atoms with Crippen LogP contribution in [-0.2, 0) is 25.5 Å². The molecule has 1 aliphatic rings. The van der Waals surface area contributed by atoms with Gasteiger partial charge < -0.3 is 19.9 Å². The van der Waals surface area contributed by atoms with Gasteiger partial charge in [-0.1, -0.05) is 25.4 Å². The number of benzene rings is 1. The average molecular weight is 549 g/mol. The first-order chi connectivity index (χ1) is 17.7. The van der Waals surface area contributed by atoms with E-state index in [0.717, 1.165) is 6.42 Å². The maximum Gasteiger partial charge on any atom is 0.310 e. The Kier molecular flexibility index (Phi) is 10.5. The van der Waals surface area contributed by atoms with Gasteiger partial charge >= 0.3 is 5.97 Å². The van der Waals surface area contributed by atoms with Gasteiger partial charge in [0.15, 0.2) is 5.13 Å². The van der Waals surface area contributed by atoms with Crippen LogP contribution < -0.4 is 5.32 Å². The molecule has 1 fully saturated rings. The van der Waals surface area contributed by atoms with Gasteiger partial charge in [0.25, 0.3) is 5.91 Å². The van der Waals surface area contributed by atoms with Crippen molar-refractivity contribution in [1.82, 2.24) is 14.8 Å². The van der Waals surface area contributed by atoms with Crippen molar-refractivity contribution in [2.75, 3.05) is 38.1 Å². The van der Waals surface area contributed by atoms with Crippen molar-refractivity contribution in [3.8, 4) is 0 Å². The zero-order valence-electron chi connectivity index (χ0n) is 21.4. The predicted molar refractivity (Wildman–Crippen MR) is 143 cm³/mol. The third-order valence-corrected chi connectivity index (χ3v) is 6.88. The van der Waals surface area contributed by atoms with Crippen LogP contribution in [0.2, 0.25) is 5.02 Å². The molecule has 1 N–H and O–H groups in total. The smallest absolute Gasteiger partial charge is 0.310 e. The van der Waals surface area contributed by atoms with Crippen molar-refractivity contribution < 1.29 is 23.9 Å². The van der Waals surface area contributed by atoms with E-state index in [1.54, 1.807) is 41.5 Å². The maximum atomic E-state index is 13.0. The summed E-state index contributed by atoms with van der Waals surface area (Å²) >= 11 is 7.15. The van der Waals surface area contributed by atoms with Crippen LogP contribution in [0, 0.1) is 11.8 Å². The topological polar surface area (TPSA) is 109 Å². The Morgan fingerprint density at radius 3 is 2.65 bits per heavy atom. The minimum Gasteiger partial charge on any atom is -0.466 e. The van der Waals surface area contributed by atoms with Crippen LogP contribution >= 0.6 is 22.9 Å². The van der Waals surface area contributed by atoms with Crippen LogP contribution in [0.3, 0.4) is 0 Å². The molecular formula is C26H33ClN4O5S. The van der Waals surface area contributed by atoms with E-state index in [1.807, 2.05) is 13.8 Å². The highest BCUT2D eigenvalue weighted by atomic mass is 35.5. The van der Waals surface area contributed by atoms with Gasteiger partial charge in [0.1, 0.15) is 6.54 Å². The number of hydrogen-bond donors (Lipinski definition) is 1. The molecule has 1 unspecified atom stereocenters. The minimum absolute atomic E-state index is 0.0798. The molecule has 1 atom stereocenters. The Bertz CT molecular complexity index is 1100. The number of thiazole rings is 1. The fourth-order valence-corrected chi connectivity index (χ4v) is 4.99. The van der Waals surface area contributed by atoms with Crippen molar-refractivity contribution in [2.24, 2.45) is 11.8 Å². The van der Waals surface area contributed by atoms with Gasteiger partial charge in [0.05, 0.1) is 24.6 Å². The van der Waals surface area contributed by atoms with Gasteiger partial charge in [-0.3, -0.25) is 19.2 Å². The summed E-state index contributed by atoms with van der Waals surface area (Å²) in [5, 5.41) is 5.35. The SMILES string of the molecule is CCOC(=O)C1CCCN(C(=O)Cc2csc(NC(=O)CN(CC(C)C)C(=O)c3ccc(Cl)cc3)n2)C1. The molecule has 3 rings (SSSR count). The zero-order chi connectivity index (χ0) is 26.9. The lowest BCUT2D eigenvalue weighted by Gasteiger charge is -2.31. The maximum absolute atomic E-state index is 13.0. The molecule has 1 aliphatic heterocycles. The van der Waals surface area contributed by atoms with E-state index in [4.69, 9.17) is 16.3 Å². The van der Waals surface area contributed by atoms with Gasteiger partial charge in [-0.25, -0.2) is 4.98 Å². The van der Waals surface area contributed by atoms with Gasteiger partial charge in [-0.15, -0.1) is 11.3 Å². The number of esters is 1. The zero-order valence-corrected chi connectivity index (χ0v) is 22.9. The normalized spacial score (nSPS) is 15.4. The first-order valence-electron chi connectivity index (χ1n) is 12.4. The van der Waals surface area contributed by atoms with Crippen molar-refractivity contribution in [1.29, 1.82) is 0 Å². The minimum atomic E-state index is -0.372. The van der Waals surface area contributed by atoms with E-state index >= 15 is 0 Å². The Labute approximate surface area is 226 Å². The monoisotopic (exact) mass is 548 g/mol. The molecule has 0 bridgehead atoms. The molecule has 3 amide bonds. The first-order valence-corrected chi connectivity index (χ1v) is 13.7. The van der Waals surface area contributed by atoms with Crippen molar-refractivity contribution in [3.05, 3.63) is 45.9 Å². The molecule has 0 spiro atoms. The van der Waals surface area contributed by atoms with E-state index < -0.39 is 0 Å². The number of piperidine rings is 1. The number of aromatic nitrogens is 1. The Balaban J connectivity index is 1.56. The largest absolute Gasteiger partial charge is 0.466 e. The number of nitrogens with one attached hydrogen (secondary N) is 1. The number of anilines is 1. The molecule has 37 heavy (non-hydrogen) atoms. The second-order valence-corrected chi connectivity index (χ2v) is 10.7. The highest BCUT2D eigenvalue weighted by Crippen LogP contribution is 2.21. The van der Waals surface area contributed by atoms with Crippen LogP contribution in [0.5, 0.6) is 0 Å². The first kappa shape index (κ1) is 28.6. The summed E-state index contributed by atoms with van der Waals surface area (Å²) in [4.78, 5) is 58.1.